The first-order valence-electron chi connectivity index (χ1n) is 6.90. The summed E-state index contributed by atoms with van der Waals surface area (Å²) in [6.45, 7) is 0. The molecule has 0 unspecified atom stereocenters. The van der Waals surface area contributed by atoms with Crippen molar-refractivity contribution in [2.24, 2.45) is 0 Å². The summed E-state index contributed by atoms with van der Waals surface area (Å²) in [5.41, 5.74) is 3.32. The van der Waals surface area contributed by atoms with Crippen molar-refractivity contribution >= 4 is 16.9 Å². The molecule has 0 aliphatic carbocycles. The van der Waals surface area contributed by atoms with Gasteiger partial charge < -0.3 is 10.1 Å². The largest absolute Gasteiger partial charge is 0.478 e. The minimum absolute atomic E-state index is 0.140. The fourth-order valence-corrected chi connectivity index (χ4v) is 2.59. The molecule has 0 fully saturated rings. The zero-order valence-corrected chi connectivity index (χ0v) is 11.8. The van der Waals surface area contributed by atoms with Crippen LogP contribution in [0.1, 0.15) is 10.4 Å². The Kier molecular flexibility index (Phi) is 2.90. The molecular weight excluding hydrogens is 294 g/mol. The van der Waals surface area contributed by atoms with Gasteiger partial charge in [0.25, 0.3) is 0 Å². The van der Waals surface area contributed by atoms with E-state index in [0.29, 0.717) is 5.69 Å². The van der Waals surface area contributed by atoms with E-state index in [1.807, 2.05) is 36.5 Å². The van der Waals surface area contributed by atoms with Gasteiger partial charge in [0, 0.05) is 11.7 Å². The summed E-state index contributed by atoms with van der Waals surface area (Å²) >= 11 is 0. The monoisotopic (exact) mass is 305 g/mol. The van der Waals surface area contributed by atoms with Crippen LogP contribution >= 0.6 is 0 Å². The summed E-state index contributed by atoms with van der Waals surface area (Å²) in [6, 6.07) is 13.1. The van der Waals surface area contributed by atoms with Gasteiger partial charge in [0.05, 0.1) is 11.3 Å². The number of nitrogens with zero attached hydrogens (tertiary/aromatic N) is 4. The normalized spacial score (nSPS) is 11.0. The number of rotatable bonds is 3. The van der Waals surface area contributed by atoms with E-state index in [0.717, 1.165) is 22.0 Å². The summed E-state index contributed by atoms with van der Waals surface area (Å²) in [6.07, 6.45) is 3.24. The molecule has 0 atom stereocenters. The maximum Gasteiger partial charge on any atom is 0.337 e. The summed E-state index contributed by atoms with van der Waals surface area (Å²) in [4.78, 5) is 14.7. The molecule has 4 rings (SSSR count). The van der Waals surface area contributed by atoms with Gasteiger partial charge in [0.15, 0.2) is 0 Å². The Balaban J connectivity index is 1.86. The molecule has 2 aromatic carbocycles. The highest BCUT2D eigenvalue weighted by atomic mass is 16.4. The number of hydrogen-bond acceptors (Lipinski definition) is 4. The summed E-state index contributed by atoms with van der Waals surface area (Å²) in [5, 5.41) is 21.4. The van der Waals surface area contributed by atoms with Crippen LogP contribution in [0.4, 0.5) is 0 Å². The van der Waals surface area contributed by atoms with Crippen molar-refractivity contribution in [3.8, 4) is 16.8 Å². The number of tetrazole rings is 1. The van der Waals surface area contributed by atoms with E-state index in [-0.39, 0.29) is 5.56 Å². The third kappa shape index (κ3) is 2.24. The van der Waals surface area contributed by atoms with Crippen molar-refractivity contribution < 1.29 is 9.90 Å². The topological polar surface area (TPSA) is 96.7 Å². The van der Waals surface area contributed by atoms with Gasteiger partial charge in [-0.1, -0.05) is 18.2 Å². The molecule has 4 aromatic rings. The average molecular weight is 305 g/mol. The number of carboxylic acids is 1. The van der Waals surface area contributed by atoms with Crippen LogP contribution in [0.2, 0.25) is 0 Å². The highest BCUT2D eigenvalue weighted by Crippen LogP contribution is 2.27. The fourth-order valence-electron chi connectivity index (χ4n) is 2.59. The van der Waals surface area contributed by atoms with Gasteiger partial charge in [0.1, 0.15) is 6.33 Å². The van der Waals surface area contributed by atoms with Crippen molar-refractivity contribution in [2.45, 2.75) is 0 Å². The number of H-pyrrole nitrogens is 1. The zero-order valence-electron chi connectivity index (χ0n) is 11.8. The lowest BCUT2D eigenvalue weighted by Gasteiger charge is -2.08. The van der Waals surface area contributed by atoms with E-state index in [9.17, 15) is 9.90 Å². The molecule has 0 amide bonds. The Morgan fingerprint density at radius 1 is 1.09 bits per heavy atom. The number of aromatic nitrogens is 5. The molecule has 112 valence electrons. The van der Waals surface area contributed by atoms with Gasteiger partial charge >= 0.3 is 5.97 Å². The molecule has 2 N–H and O–H groups in total. The quantitative estimate of drug-likeness (QED) is 0.606. The van der Waals surface area contributed by atoms with Crippen LogP contribution in [0.25, 0.3) is 27.7 Å². The number of carboxylic acid groups (broad SMARTS) is 1. The Morgan fingerprint density at radius 3 is 2.70 bits per heavy atom. The van der Waals surface area contributed by atoms with Crippen molar-refractivity contribution in [2.75, 3.05) is 0 Å². The van der Waals surface area contributed by atoms with Gasteiger partial charge in [-0.3, -0.25) is 0 Å². The zero-order chi connectivity index (χ0) is 15.8. The first kappa shape index (κ1) is 13.2. The number of nitrogens with one attached hydrogen (secondary N) is 1. The third-order valence-electron chi connectivity index (χ3n) is 3.71. The molecule has 0 saturated carbocycles. The smallest absolute Gasteiger partial charge is 0.337 e. The Labute approximate surface area is 130 Å². The van der Waals surface area contributed by atoms with Crippen LogP contribution in [-0.2, 0) is 0 Å². The second-order valence-electron chi connectivity index (χ2n) is 5.07. The second kappa shape index (κ2) is 5.06. The lowest BCUT2D eigenvalue weighted by atomic mass is 10.0. The first-order chi connectivity index (χ1) is 11.2. The fraction of sp³-hybridized carbons (Fsp3) is 0. The van der Waals surface area contributed by atoms with Gasteiger partial charge in [-0.25, -0.2) is 4.79 Å². The van der Waals surface area contributed by atoms with Crippen molar-refractivity contribution in [3.63, 3.8) is 0 Å². The van der Waals surface area contributed by atoms with E-state index in [4.69, 9.17) is 0 Å². The molecule has 0 radical (unpaired) electrons. The van der Waals surface area contributed by atoms with Gasteiger partial charge in [-0.05, 0) is 51.2 Å². The predicted octanol–water partition coefficient (Wildman–Crippen LogP) is 2.51. The number of aromatic amines is 1. The number of carbonyl (C=O) groups is 1. The maximum atomic E-state index is 11.6. The lowest BCUT2D eigenvalue weighted by molar-refractivity contribution is 0.0697. The van der Waals surface area contributed by atoms with Crippen LogP contribution in [-0.4, -0.2) is 36.3 Å². The third-order valence-corrected chi connectivity index (χ3v) is 3.71. The van der Waals surface area contributed by atoms with Crippen LogP contribution in [0.5, 0.6) is 0 Å². The molecular formula is C16H11N5O2. The Bertz CT molecular complexity index is 1000. The van der Waals surface area contributed by atoms with E-state index >= 15 is 0 Å². The second-order valence-corrected chi connectivity index (χ2v) is 5.07. The van der Waals surface area contributed by atoms with Crippen molar-refractivity contribution in [3.05, 3.63) is 60.6 Å². The maximum absolute atomic E-state index is 11.6. The number of benzene rings is 2. The Hall–Kier alpha value is -3.48. The molecule has 7 heteroatoms. The summed E-state index contributed by atoms with van der Waals surface area (Å²) in [7, 11) is 0. The van der Waals surface area contributed by atoms with Crippen LogP contribution < -0.4 is 0 Å². The van der Waals surface area contributed by atoms with E-state index in [1.54, 1.807) is 12.1 Å². The van der Waals surface area contributed by atoms with Gasteiger partial charge in [-0.2, -0.15) is 4.68 Å². The van der Waals surface area contributed by atoms with Crippen molar-refractivity contribution in [1.29, 1.82) is 0 Å². The SMILES string of the molecule is O=C(O)c1cc(-c2ccc3cc[nH]c3c2)ccc1-n1cnnn1. The number of aromatic carboxylic acids is 1. The van der Waals surface area contributed by atoms with E-state index in [1.165, 1.54) is 11.0 Å². The minimum Gasteiger partial charge on any atom is -0.478 e. The highest BCUT2D eigenvalue weighted by Gasteiger charge is 2.14. The van der Waals surface area contributed by atoms with Crippen molar-refractivity contribution in [1.82, 2.24) is 25.2 Å². The van der Waals surface area contributed by atoms with Crippen LogP contribution in [0.15, 0.2) is 55.0 Å². The van der Waals surface area contributed by atoms with Gasteiger partial charge in [0.2, 0.25) is 0 Å². The molecule has 0 spiro atoms. The molecule has 7 nitrogen and oxygen atoms in total. The number of hydrogen-bond donors (Lipinski definition) is 2. The molecule has 0 bridgehead atoms. The van der Waals surface area contributed by atoms with E-state index in [2.05, 4.69) is 20.5 Å². The molecule has 0 aliphatic rings. The summed E-state index contributed by atoms with van der Waals surface area (Å²) in [5.74, 6) is -1.03. The van der Waals surface area contributed by atoms with Crippen LogP contribution in [0, 0.1) is 0 Å². The molecule has 0 saturated heterocycles. The lowest BCUT2D eigenvalue weighted by Crippen LogP contribution is -2.06. The highest BCUT2D eigenvalue weighted by molar-refractivity contribution is 5.94. The average Bonchev–Trinajstić information content (AvgIpc) is 3.25. The molecule has 2 aromatic heterocycles. The molecule has 2 heterocycles. The predicted molar refractivity (Wildman–Crippen MR) is 83.4 cm³/mol. The first-order valence-corrected chi connectivity index (χ1v) is 6.90. The van der Waals surface area contributed by atoms with E-state index < -0.39 is 5.97 Å². The van der Waals surface area contributed by atoms with Crippen LogP contribution in [0.3, 0.4) is 0 Å². The summed E-state index contributed by atoms with van der Waals surface area (Å²) < 4.78 is 1.33. The minimum atomic E-state index is -1.03. The standard InChI is InChI=1S/C16H11N5O2/c22-16(23)13-7-11(3-4-15(13)21-9-18-19-20-21)12-2-1-10-5-6-17-14(10)8-12/h1-9,17H,(H,22,23). The van der Waals surface area contributed by atoms with Gasteiger partial charge in [-0.15, -0.1) is 5.10 Å². The molecule has 0 aliphatic heterocycles. The number of fused-ring (bicyclic) bond motifs is 1. The Morgan fingerprint density at radius 2 is 1.91 bits per heavy atom. The molecule has 23 heavy (non-hydrogen) atoms.